The molecule has 1 heterocycles. The summed E-state index contributed by atoms with van der Waals surface area (Å²) in [5, 5.41) is 0. The number of anilines is 1. The lowest BCUT2D eigenvalue weighted by atomic mass is 9.97. The minimum atomic E-state index is -0.168. The Morgan fingerprint density at radius 2 is 2.17 bits per heavy atom. The zero-order valence-electron chi connectivity index (χ0n) is 13.7. The van der Waals surface area contributed by atoms with Gasteiger partial charge in [0.25, 0.3) is 0 Å². The van der Waals surface area contributed by atoms with Crippen LogP contribution in [0.5, 0.6) is 5.75 Å². The molecule has 0 aliphatic carbocycles. The Morgan fingerprint density at radius 3 is 2.83 bits per heavy atom. The van der Waals surface area contributed by atoms with Crippen molar-refractivity contribution < 1.29 is 19.1 Å². The van der Waals surface area contributed by atoms with Gasteiger partial charge in [-0.1, -0.05) is 0 Å². The summed E-state index contributed by atoms with van der Waals surface area (Å²) in [7, 11) is 1.54. The van der Waals surface area contributed by atoms with Crippen LogP contribution in [0.2, 0.25) is 0 Å². The number of piperidine rings is 1. The molecule has 1 aliphatic rings. The molecule has 2 rings (SSSR count). The van der Waals surface area contributed by atoms with Crippen molar-refractivity contribution in [3.05, 3.63) is 23.8 Å². The molecule has 1 aromatic rings. The van der Waals surface area contributed by atoms with Crippen LogP contribution in [-0.4, -0.2) is 50.0 Å². The zero-order valence-corrected chi connectivity index (χ0v) is 13.7. The highest BCUT2D eigenvalue weighted by Gasteiger charge is 2.28. The minimum absolute atomic E-state index is 0.0103. The van der Waals surface area contributed by atoms with Crippen LogP contribution in [0.15, 0.2) is 18.2 Å². The van der Waals surface area contributed by atoms with Gasteiger partial charge < -0.3 is 15.2 Å². The Hall–Kier alpha value is -2.08. The van der Waals surface area contributed by atoms with E-state index in [-0.39, 0.29) is 24.2 Å². The highest BCUT2D eigenvalue weighted by molar-refractivity contribution is 5.98. The summed E-state index contributed by atoms with van der Waals surface area (Å²) in [6.07, 6.45) is 1.71. The second kappa shape index (κ2) is 7.97. The standard InChI is InChI=1S/C17H24N2O4/c1-3-23-17(21)13-5-4-8-19(10-13)11-15(20)12-6-7-16(22-2)14(18)9-12/h6-7,9,13H,3-5,8,10-11,18H2,1-2H3. The van der Waals surface area contributed by atoms with Gasteiger partial charge in [-0.05, 0) is 44.5 Å². The van der Waals surface area contributed by atoms with Crippen LogP contribution in [-0.2, 0) is 9.53 Å². The number of hydrogen-bond acceptors (Lipinski definition) is 6. The molecule has 0 radical (unpaired) electrons. The summed E-state index contributed by atoms with van der Waals surface area (Å²) >= 11 is 0. The Bertz CT molecular complexity index is 574. The molecule has 126 valence electrons. The number of carbonyl (C=O) groups excluding carboxylic acids is 2. The average molecular weight is 320 g/mol. The molecule has 6 heteroatoms. The van der Waals surface area contributed by atoms with E-state index in [0.717, 1.165) is 19.4 Å². The third-order valence-corrected chi connectivity index (χ3v) is 4.04. The van der Waals surface area contributed by atoms with E-state index in [9.17, 15) is 9.59 Å². The maximum Gasteiger partial charge on any atom is 0.310 e. The van der Waals surface area contributed by atoms with Crippen LogP contribution in [0.4, 0.5) is 5.69 Å². The van der Waals surface area contributed by atoms with Crippen LogP contribution in [0.3, 0.4) is 0 Å². The van der Waals surface area contributed by atoms with Gasteiger partial charge in [0.2, 0.25) is 0 Å². The molecular formula is C17H24N2O4. The van der Waals surface area contributed by atoms with Crippen LogP contribution in [0, 0.1) is 5.92 Å². The number of esters is 1. The molecule has 1 aromatic carbocycles. The van der Waals surface area contributed by atoms with Crippen molar-refractivity contribution in [2.24, 2.45) is 5.92 Å². The van der Waals surface area contributed by atoms with Crippen molar-refractivity contribution in [1.29, 1.82) is 0 Å². The van der Waals surface area contributed by atoms with E-state index in [1.54, 1.807) is 25.1 Å². The van der Waals surface area contributed by atoms with Crippen molar-refractivity contribution in [3.63, 3.8) is 0 Å². The molecule has 1 fully saturated rings. The van der Waals surface area contributed by atoms with Crippen molar-refractivity contribution >= 4 is 17.4 Å². The van der Waals surface area contributed by atoms with Gasteiger partial charge in [0, 0.05) is 12.1 Å². The normalized spacial score (nSPS) is 18.4. The molecule has 1 atom stereocenters. The molecule has 1 saturated heterocycles. The van der Waals surface area contributed by atoms with Crippen molar-refractivity contribution in [2.75, 3.05) is 39.1 Å². The molecule has 23 heavy (non-hydrogen) atoms. The van der Waals surface area contributed by atoms with Gasteiger partial charge in [-0.2, -0.15) is 0 Å². The topological polar surface area (TPSA) is 81.9 Å². The number of ether oxygens (including phenoxy) is 2. The smallest absolute Gasteiger partial charge is 0.310 e. The van der Waals surface area contributed by atoms with Gasteiger partial charge in [0.1, 0.15) is 5.75 Å². The molecule has 0 amide bonds. The fourth-order valence-electron chi connectivity index (χ4n) is 2.85. The second-order valence-electron chi connectivity index (χ2n) is 5.71. The number of methoxy groups -OCH3 is 1. The van der Waals surface area contributed by atoms with Crippen LogP contribution >= 0.6 is 0 Å². The molecule has 6 nitrogen and oxygen atoms in total. The van der Waals surface area contributed by atoms with Gasteiger partial charge in [0.15, 0.2) is 5.78 Å². The van der Waals surface area contributed by atoms with E-state index in [1.165, 1.54) is 7.11 Å². The number of carbonyl (C=O) groups is 2. The lowest BCUT2D eigenvalue weighted by molar-refractivity contribution is -0.149. The van der Waals surface area contributed by atoms with Gasteiger partial charge in [0.05, 0.1) is 31.9 Å². The monoisotopic (exact) mass is 320 g/mol. The lowest BCUT2D eigenvalue weighted by Gasteiger charge is -2.30. The van der Waals surface area contributed by atoms with E-state index in [1.807, 2.05) is 4.90 Å². The number of nitrogens with zero attached hydrogens (tertiary/aromatic N) is 1. The molecule has 0 spiro atoms. The third kappa shape index (κ3) is 4.45. The van der Waals surface area contributed by atoms with E-state index >= 15 is 0 Å². The zero-order chi connectivity index (χ0) is 16.8. The second-order valence-corrected chi connectivity index (χ2v) is 5.71. The third-order valence-electron chi connectivity index (χ3n) is 4.04. The number of ketones is 1. The molecular weight excluding hydrogens is 296 g/mol. The van der Waals surface area contributed by atoms with Gasteiger partial charge in [-0.25, -0.2) is 0 Å². The summed E-state index contributed by atoms with van der Waals surface area (Å²) in [6, 6.07) is 5.04. The summed E-state index contributed by atoms with van der Waals surface area (Å²) in [5.74, 6) is 0.238. The number of nitrogens with two attached hydrogens (primary N) is 1. The average Bonchev–Trinajstić information content (AvgIpc) is 2.55. The Balaban J connectivity index is 1.96. The van der Waals surface area contributed by atoms with Crippen molar-refractivity contribution in [3.8, 4) is 5.75 Å². The largest absolute Gasteiger partial charge is 0.495 e. The lowest BCUT2D eigenvalue weighted by Crippen LogP contribution is -2.41. The first-order valence-corrected chi connectivity index (χ1v) is 7.90. The van der Waals surface area contributed by atoms with E-state index in [0.29, 0.717) is 30.2 Å². The van der Waals surface area contributed by atoms with Gasteiger partial charge in [-0.15, -0.1) is 0 Å². The Labute approximate surface area is 136 Å². The first-order valence-electron chi connectivity index (χ1n) is 7.90. The van der Waals surface area contributed by atoms with E-state index < -0.39 is 0 Å². The molecule has 0 saturated carbocycles. The number of likely N-dealkylation sites (tertiary alicyclic amines) is 1. The fourth-order valence-corrected chi connectivity index (χ4v) is 2.85. The highest BCUT2D eigenvalue weighted by Crippen LogP contribution is 2.23. The molecule has 2 N–H and O–H groups in total. The summed E-state index contributed by atoms with van der Waals surface area (Å²) in [4.78, 5) is 26.3. The van der Waals surface area contributed by atoms with Gasteiger partial charge >= 0.3 is 5.97 Å². The van der Waals surface area contributed by atoms with E-state index in [4.69, 9.17) is 15.2 Å². The number of rotatable bonds is 6. The van der Waals surface area contributed by atoms with Crippen LogP contribution in [0.1, 0.15) is 30.1 Å². The van der Waals surface area contributed by atoms with Gasteiger partial charge in [-0.3, -0.25) is 14.5 Å². The summed E-state index contributed by atoms with van der Waals surface area (Å²) in [5.41, 5.74) is 6.85. The Morgan fingerprint density at radius 1 is 1.39 bits per heavy atom. The predicted molar refractivity (Wildman–Crippen MR) is 87.5 cm³/mol. The van der Waals surface area contributed by atoms with Crippen LogP contribution < -0.4 is 10.5 Å². The quantitative estimate of drug-likeness (QED) is 0.488. The first kappa shape index (κ1) is 17.3. The maximum absolute atomic E-state index is 12.4. The summed E-state index contributed by atoms with van der Waals surface area (Å²) in [6.45, 7) is 3.85. The summed E-state index contributed by atoms with van der Waals surface area (Å²) < 4.78 is 10.2. The van der Waals surface area contributed by atoms with Crippen LogP contribution in [0.25, 0.3) is 0 Å². The number of hydrogen-bond donors (Lipinski definition) is 1. The highest BCUT2D eigenvalue weighted by atomic mass is 16.5. The predicted octanol–water partition coefficient (Wildman–Crippen LogP) is 1.74. The fraction of sp³-hybridized carbons (Fsp3) is 0.529. The molecule has 0 bridgehead atoms. The maximum atomic E-state index is 12.4. The van der Waals surface area contributed by atoms with Crippen molar-refractivity contribution in [2.45, 2.75) is 19.8 Å². The minimum Gasteiger partial charge on any atom is -0.495 e. The SMILES string of the molecule is CCOC(=O)C1CCCN(CC(=O)c2ccc(OC)c(N)c2)C1. The number of benzene rings is 1. The van der Waals surface area contributed by atoms with Crippen molar-refractivity contribution in [1.82, 2.24) is 4.90 Å². The first-order chi connectivity index (χ1) is 11.0. The number of nitrogen functional groups attached to an aromatic ring is 1. The van der Waals surface area contributed by atoms with E-state index in [2.05, 4.69) is 0 Å². The molecule has 0 aromatic heterocycles. The molecule has 1 unspecified atom stereocenters. The Kier molecular flexibility index (Phi) is 5.98. The molecule has 1 aliphatic heterocycles. The number of Topliss-reactive ketones (excluding diaryl/α,β-unsaturated/α-hetero) is 1.